The molecule has 2 N–H and O–H groups in total. The van der Waals surface area contributed by atoms with Gasteiger partial charge in [-0.25, -0.2) is 4.39 Å². The van der Waals surface area contributed by atoms with Crippen molar-refractivity contribution in [1.82, 2.24) is 25.3 Å². The SMILES string of the molecule is Cc1nc(CN2C[C@@H](F)C[C@H]2CNCc2cccc3[nH]ccc23)no1. The minimum Gasteiger partial charge on any atom is -0.361 e. The maximum atomic E-state index is 13.9. The number of hydrogen-bond donors (Lipinski definition) is 2. The number of likely N-dealkylation sites (tertiary alicyclic amines) is 1. The summed E-state index contributed by atoms with van der Waals surface area (Å²) in [6.07, 6.45) is 1.69. The van der Waals surface area contributed by atoms with Gasteiger partial charge in [0.1, 0.15) is 6.17 Å². The Morgan fingerprint density at radius 1 is 1.40 bits per heavy atom. The highest BCUT2D eigenvalue weighted by atomic mass is 19.1. The van der Waals surface area contributed by atoms with E-state index in [0.29, 0.717) is 31.2 Å². The van der Waals surface area contributed by atoms with Gasteiger partial charge in [0.25, 0.3) is 0 Å². The summed E-state index contributed by atoms with van der Waals surface area (Å²) in [4.78, 5) is 9.55. The van der Waals surface area contributed by atoms with Gasteiger partial charge in [0, 0.05) is 49.7 Å². The van der Waals surface area contributed by atoms with E-state index in [1.165, 1.54) is 10.9 Å². The smallest absolute Gasteiger partial charge is 0.223 e. The van der Waals surface area contributed by atoms with Crippen LogP contribution in [0.3, 0.4) is 0 Å². The first-order chi connectivity index (χ1) is 12.2. The second kappa shape index (κ2) is 6.93. The first-order valence-corrected chi connectivity index (χ1v) is 8.62. The summed E-state index contributed by atoms with van der Waals surface area (Å²) in [5.41, 5.74) is 2.38. The predicted molar refractivity (Wildman–Crippen MR) is 92.8 cm³/mol. The highest BCUT2D eigenvalue weighted by molar-refractivity contribution is 5.82. The average Bonchev–Trinajstić information content (AvgIpc) is 3.29. The van der Waals surface area contributed by atoms with Crippen molar-refractivity contribution in [3.05, 3.63) is 47.7 Å². The summed E-state index contributed by atoms with van der Waals surface area (Å²) in [6, 6.07) is 8.46. The minimum absolute atomic E-state index is 0.138. The van der Waals surface area contributed by atoms with Gasteiger partial charge in [0.05, 0.1) is 6.54 Å². The van der Waals surface area contributed by atoms with Crippen molar-refractivity contribution in [2.75, 3.05) is 13.1 Å². The summed E-state index contributed by atoms with van der Waals surface area (Å²) in [7, 11) is 0. The van der Waals surface area contributed by atoms with E-state index < -0.39 is 6.17 Å². The summed E-state index contributed by atoms with van der Waals surface area (Å²) in [5, 5.41) is 8.63. The number of alkyl halides is 1. The Bertz CT molecular complexity index is 845. The van der Waals surface area contributed by atoms with E-state index in [4.69, 9.17) is 4.52 Å². The van der Waals surface area contributed by atoms with Crippen LogP contribution in [0, 0.1) is 6.92 Å². The summed E-state index contributed by atoms with van der Waals surface area (Å²) in [6.45, 7) is 4.21. The third kappa shape index (κ3) is 3.57. The van der Waals surface area contributed by atoms with Crippen LogP contribution in [0.5, 0.6) is 0 Å². The monoisotopic (exact) mass is 343 g/mol. The fourth-order valence-corrected chi connectivity index (χ4v) is 3.59. The molecule has 4 rings (SSSR count). The normalized spacial score (nSPS) is 21.4. The lowest BCUT2D eigenvalue weighted by Gasteiger charge is -2.23. The number of nitrogens with one attached hydrogen (secondary N) is 2. The highest BCUT2D eigenvalue weighted by Gasteiger charge is 2.32. The molecule has 3 aromatic rings. The molecule has 1 aromatic carbocycles. The lowest BCUT2D eigenvalue weighted by atomic mass is 10.1. The number of H-pyrrole nitrogens is 1. The van der Waals surface area contributed by atoms with Gasteiger partial charge >= 0.3 is 0 Å². The molecule has 6 nitrogen and oxygen atoms in total. The molecular formula is C18H22FN5O. The molecule has 0 saturated carbocycles. The molecule has 0 unspecified atom stereocenters. The van der Waals surface area contributed by atoms with Crippen LogP contribution in [0.4, 0.5) is 4.39 Å². The van der Waals surface area contributed by atoms with Crippen molar-refractivity contribution < 1.29 is 8.91 Å². The van der Waals surface area contributed by atoms with Crippen LogP contribution in [0.25, 0.3) is 10.9 Å². The molecule has 0 aliphatic carbocycles. The minimum atomic E-state index is -0.798. The Morgan fingerprint density at radius 3 is 3.16 bits per heavy atom. The predicted octanol–water partition coefficient (Wildman–Crippen LogP) is 2.56. The van der Waals surface area contributed by atoms with Crippen molar-refractivity contribution in [1.29, 1.82) is 0 Å². The second-order valence-corrected chi connectivity index (χ2v) is 6.63. The van der Waals surface area contributed by atoms with Crippen LogP contribution < -0.4 is 5.32 Å². The molecule has 1 saturated heterocycles. The molecule has 25 heavy (non-hydrogen) atoms. The molecule has 1 fully saturated rings. The fraction of sp³-hybridized carbons (Fsp3) is 0.444. The largest absolute Gasteiger partial charge is 0.361 e. The Labute approximate surface area is 145 Å². The number of aryl methyl sites for hydroxylation is 1. The molecule has 2 atom stereocenters. The van der Waals surface area contributed by atoms with Gasteiger partial charge in [-0.1, -0.05) is 17.3 Å². The Balaban J connectivity index is 1.36. The van der Waals surface area contributed by atoms with Gasteiger partial charge < -0.3 is 14.8 Å². The molecule has 0 radical (unpaired) electrons. The third-order valence-corrected chi connectivity index (χ3v) is 4.77. The second-order valence-electron chi connectivity index (χ2n) is 6.63. The Kier molecular flexibility index (Phi) is 4.50. The summed E-state index contributed by atoms with van der Waals surface area (Å²) < 4.78 is 18.9. The fourth-order valence-electron chi connectivity index (χ4n) is 3.59. The van der Waals surface area contributed by atoms with Crippen LogP contribution in [0.2, 0.25) is 0 Å². The quantitative estimate of drug-likeness (QED) is 0.720. The lowest BCUT2D eigenvalue weighted by molar-refractivity contribution is 0.221. The number of fused-ring (bicyclic) bond motifs is 1. The molecule has 2 aromatic heterocycles. The van der Waals surface area contributed by atoms with E-state index in [9.17, 15) is 4.39 Å². The van der Waals surface area contributed by atoms with Gasteiger partial charge in [-0.15, -0.1) is 0 Å². The lowest BCUT2D eigenvalue weighted by Crippen LogP contribution is -2.37. The van der Waals surface area contributed by atoms with E-state index >= 15 is 0 Å². The van der Waals surface area contributed by atoms with Gasteiger partial charge in [0.2, 0.25) is 5.89 Å². The number of rotatable bonds is 6. The van der Waals surface area contributed by atoms with Crippen molar-refractivity contribution in [3.63, 3.8) is 0 Å². The average molecular weight is 343 g/mol. The van der Waals surface area contributed by atoms with Crippen LogP contribution in [0.1, 0.15) is 23.7 Å². The van der Waals surface area contributed by atoms with E-state index in [1.807, 2.05) is 12.3 Å². The number of nitrogens with zero attached hydrogens (tertiary/aromatic N) is 3. The van der Waals surface area contributed by atoms with Gasteiger partial charge in [-0.2, -0.15) is 4.98 Å². The number of halogens is 1. The molecule has 7 heteroatoms. The molecule has 1 aliphatic heterocycles. The molecular weight excluding hydrogens is 321 g/mol. The number of aromatic amines is 1. The van der Waals surface area contributed by atoms with Crippen LogP contribution in [0.15, 0.2) is 35.0 Å². The zero-order valence-electron chi connectivity index (χ0n) is 14.2. The van der Waals surface area contributed by atoms with Crippen LogP contribution in [-0.2, 0) is 13.1 Å². The maximum absolute atomic E-state index is 13.9. The van der Waals surface area contributed by atoms with Crippen molar-refractivity contribution in [2.45, 2.75) is 38.6 Å². The first-order valence-electron chi connectivity index (χ1n) is 8.62. The van der Waals surface area contributed by atoms with Gasteiger partial charge in [0.15, 0.2) is 5.82 Å². The maximum Gasteiger partial charge on any atom is 0.223 e. The molecule has 0 bridgehead atoms. The number of aromatic nitrogens is 3. The number of hydrogen-bond acceptors (Lipinski definition) is 5. The molecule has 132 valence electrons. The summed E-state index contributed by atoms with van der Waals surface area (Å²) in [5.74, 6) is 1.16. The third-order valence-electron chi connectivity index (χ3n) is 4.77. The Hall–Kier alpha value is -2.25. The van der Waals surface area contributed by atoms with E-state index in [2.05, 4.69) is 43.5 Å². The Morgan fingerprint density at radius 2 is 2.32 bits per heavy atom. The standard InChI is InChI=1S/C18H22FN5O/c1-12-22-18(23-25-12)11-24-10-14(19)7-15(24)9-20-8-13-3-2-4-17-16(13)5-6-21-17/h2-6,14-15,20-21H,7-11H2,1H3/t14-,15-/m0/s1. The van der Waals surface area contributed by atoms with Crippen LogP contribution in [-0.4, -0.2) is 45.3 Å². The molecule has 3 heterocycles. The molecule has 0 spiro atoms. The van der Waals surface area contributed by atoms with Gasteiger partial charge in [-0.05, 0) is 24.1 Å². The van der Waals surface area contributed by atoms with E-state index in [-0.39, 0.29) is 6.04 Å². The van der Waals surface area contributed by atoms with E-state index in [1.54, 1.807) is 6.92 Å². The first kappa shape index (κ1) is 16.2. The zero-order chi connectivity index (χ0) is 17.2. The highest BCUT2D eigenvalue weighted by Crippen LogP contribution is 2.22. The van der Waals surface area contributed by atoms with Gasteiger partial charge in [-0.3, -0.25) is 4.90 Å². The van der Waals surface area contributed by atoms with Crippen molar-refractivity contribution >= 4 is 10.9 Å². The van der Waals surface area contributed by atoms with Crippen molar-refractivity contribution in [2.24, 2.45) is 0 Å². The zero-order valence-corrected chi connectivity index (χ0v) is 14.2. The topological polar surface area (TPSA) is 70.0 Å². The number of benzene rings is 1. The molecule has 0 amide bonds. The summed E-state index contributed by atoms with van der Waals surface area (Å²) >= 11 is 0. The van der Waals surface area contributed by atoms with E-state index in [0.717, 1.165) is 18.6 Å². The van der Waals surface area contributed by atoms with Crippen molar-refractivity contribution in [3.8, 4) is 0 Å². The van der Waals surface area contributed by atoms with Crippen LogP contribution >= 0.6 is 0 Å². The molecule has 1 aliphatic rings.